The fraction of sp³-hybridized carbons (Fsp3) is 0.600. The van der Waals surface area contributed by atoms with E-state index >= 15 is 0 Å². The molecule has 0 amide bonds. The molecule has 0 bridgehead atoms. The molecule has 2 atom stereocenters. The first-order valence-electron chi connectivity index (χ1n) is 7.05. The summed E-state index contributed by atoms with van der Waals surface area (Å²) in [5, 5.41) is 0. The van der Waals surface area contributed by atoms with Gasteiger partial charge in [0.1, 0.15) is 0 Å². The zero-order valence-electron chi connectivity index (χ0n) is 12.6. The predicted octanol–water partition coefficient (Wildman–Crippen LogP) is 3.68. The Labute approximate surface area is 147 Å². The molecule has 124 valence electrons. The lowest BCUT2D eigenvalue weighted by Crippen LogP contribution is -2.17. The van der Waals surface area contributed by atoms with Crippen molar-refractivity contribution in [3.8, 4) is 11.5 Å². The standard InChI is InChI=1S/C15H20Br2O5/c1-10(16)15(20-6-5-19-4-3-18-2)11-7-13-14(8-12(11)17)22-9-21-13/h7-8,10,15H,3-6,9H2,1-2H3/t10-,15+/m0/s1. The summed E-state index contributed by atoms with van der Waals surface area (Å²) < 4.78 is 28.1. The summed E-state index contributed by atoms with van der Waals surface area (Å²) in [6, 6.07) is 3.87. The number of halogens is 2. The van der Waals surface area contributed by atoms with Crippen molar-refractivity contribution in [1.82, 2.24) is 0 Å². The molecule has 1 heterocycles. The van der Waals surface area contributed by atoms with E-state index in [1.54, 1.807) is 7.11 Å². The molecular weight excluding hydrogens is 420 g/mol. The van der Waals surface area contributed by atoms with Crippen molar-refractivity contribution in [2.45, 2.75) is 17.9 Å². The van der Waals surface area contributed by atoms with Crippen LogP contribution in [0.2, 0.25) is 0 Å². The van der Waals surface area contributed by atoms with Gasteiger partial charge in [-0.05, 0) is 19.1 Å². The molecule has 22 heavy (non-hydrogen) atoms. The van der Waals surface area contributed by atoms with E-state index in [1.165, 1.54) is 0 Å². The molecule has 0 radical (unpaired) electrons. The van der Waals surface area contributed by atoms with Gasteiger partial charge in [-0.1, -0.05) is 31.9 Å². The number of fused-ring (bicyclic) bond motifs is 1. The Balaban J connectivity index is 1.96. The molecule has 1 aromatic carbocycles. The highest BCUT2D eigenvalue weighted by Crippen LogP contribution is 2.41. The van der Waals surface area contributed by atoms with Crippen LogP contribution >= 0.6 is 31.9 Å². The van der Waals surface area contributed by atoms with Crippen LogP contribution in [0.3, 0.4) is 0 Å². The Hall–Kier alpha value is -0.340. The Bertz CT molecular complexity index is 481. The topological polar surface area (TPSA) is 46.2 Å². The highest BCUT2D eigenvalue weighted by atomic mass is 79.9. The number of methoxy groups -OCH3 is 1. The number of ether oxygens (including phenoxy) is 5. The molecule has 5 nitrogen and oxygen atoms in total. The molecule has 0 N–H and O–H groups in total. The normalized spacial score (nSPS) is 15.8. The van der Waals surface area contributed by atoms with Gasteiger partial charge in [-0.2, -0.15) is 0 Å². The van der Waals surface area contributed by atoms with Crippen molar-refractivity contribution in [1.29, 1.82) is 0 Å². The molecule has 0 spiro atoms. The van der Waals surface area contributed by atoms with Gasteiger partial charge in [-0.15, -0.1) is 0 Å². The Kier molecular flexibility index (Phi) is 7.43. The van der Waals surface area contributed by atoms with Crippen molar-refractivity contribution < 1.29 is 23.7 Å². The minimum atomic E-state index is -0.116. The summed E-state index contributed by atoms with van der Waals surface area (Å²) in [5.41, 5.74) is 1.02. The SMILES string of the molecule is COCCOCCO[C@@H](c1cc2c(cc1Br)OCO2)[C@H](C)Br. The molecule has 0 fully saturated rings. The maximum absolute atomic E-state index is 5.97. The van der Waals surface area contributed by atoms with E-state index in [2.05, 4.69) is 31.9 Å². The summed E-state index contributed by atoms with van der Waals surface area (Å²) in [6.07, 6.45) is -0.116. The van der Waals surface area contributed by atoms with Crippen LogP contribution in [-0.2, 0) is 14.2 Å². The van der Waals surface area contributed by atoms with Crippen LogP contribution in [0.15, 0.2) is 16.6 Å². The molecule has 0 aliphatic carbocycles. The number of rotatable bonds is 9. The molecule has 0 unspecified atom stereocenters. The molecule has 0 aromatic heterocycles. The third-order valence-corrected chi connectivity index (χ3v) is 4.34. The maximum atomic E-state index is 5.97. The monoisotopic (exact) mass is 438 g/mol. The van der Waals surface area contributed by atoms with Gasteiger partial charge in [-0.3, -0.25) is 0 Å². The van der Waals surface area contributed by atoms with E-state index in [-0.39, 0.29) is 17.7 Å². The second kappa shape index (κ2) is 9.08. The Morgan fingerprint density at radius 3 is 2.50 bits per heavy atom. The lowest BCUT2D eigenvalue weighted by Gasteiger charge is -2.22. The molecule has 1 aromatic rings. The average Bonchev–Trinajstić information content (AvgIpc) is 2.93. The largest absolute Gasteiger partial charge is 0.454 e. The van der Waals surface area contributed by atoms with Gasteiger partial charge in [-0.25, -0.2) is 0 Å². The van der Waals surface area contributed by atoms with E-state index in [0.29, 0.717) is 26.4 Å². The zero-order chi connectivity index (χ0) is 15.9. The van der Waals surface area contributed by atoms with Crippen LogP contribution in [0, 0.1) is 0 Å². The molecule has 7 heteroatoms. The number of hydrogen-bond donors (Lipinski definition) is 0. The summed E-state index contributed by atoms with van der Waals surface area (Å²) in [6.45, 7) is 4.50. The minimum Gasteiger partial charge on any atom is -0.454 e. The van der Waals surface area contributed by atoms with E-state index in [4.69, 9.17) is 23.7 Å². The van der Waals surface area contributed by atoms with E-state index < -0.39 is 0 Å². The Morgan fingerprint density at radius 2 is 1.82 bits per heavy atom. The fourth-order valence-corrected chi connectivity index (χ4v) is 3.08. The van der Waals surface area contributed by atoms with Gasteiger partial charge in [0.05, 0.1) is 32.5 Å². The van der Waals surface area contributed by atoms with E-state index in [0.717, 1.165) is 21.5 Å². The third-order valence-electron chi connectivity index (χ3n) is 3.17. The van der Waals surface area contributed by atoms with Gasteiger partial charge in [0.2, 0.25) is 6.79 Å². The van der Waals surface area contributed by atoms with Crippen LogP contribution < -0.4 is 9.47 Å². The van der Waals surface area contributed by atoms with Crippen LogP contribution in [0.1, 0.15) is 18.6 Å². The van der Waals surface area contributed by atoms with Gasteiger partial charge in [0.15, 0.2) is 11.5 Å². The van der Waals surface area contributed by atoms with Crippen LogP contribution in [0.25, 0.3) is 0 Å². The number of alkyl halides is 1. The van der Waals surface area contributed by atoms with Crippen LogP contribution in [0.5, 0.6) is 11.5 Å². The van der Waals surface area contributed by atoms with Gasteiger partial charge >= 0.3 is 0 Å². The quantitative estimate of drug-likeness (QED) is 0.433. The third kappa shape index (κ3) is 4.83. The van der Waals surface area contributed by atoms with Gasteiger partial charge < -0.3 is 23.7 Å². The lowest BCUT2D eigenvalue weighted by molar-refractivity contribution is -0.00622. The van der Waals surface area contributed by atoms with Crippen molar-refractivity contribution in [3.63, 3.8) is 0 Å². The van der Waals surface area contributed by atoms with Crippen LogP contribution in [0.4, 0.5) is 0 Å². The predicted molar refractivity (Wildman–Crippen MR) is 90.0 cm³/mol. The minimum absolute atomic E-state index is 0.116. The number of hydrogen-bond acceptors (Lipinski definition) is 5. The maximum Gasteiger partial charge on any atom is 0.231 e. The first-order valence-corrected chi connectivity index (χ1v) is 8.75. The first-order chi connectivity index (χ1) is 10.6. The number of benzene rings is 1. The second-order valence-electron chi connectivity index (χ2n) is 4.80. The highest BCUT2D eigenvalue weighted by Gasteiger charge is 2.24. The average molecular weight is 440 g/mol. The van der Waals surface area contributed by atoms with Crippen LogP contribution in [-0.4, -0.2) is 45.2 Å². The van der Waals surface area contributed by atoms with Gasteiger partial charge in [0.25, 0.3) is 0 Å². The summed E-state index contributed by atoms with van der Waals surface area (Å²) in [4.78, 5) is 0.142. The molecule has 1 aliphatic rings. The second-order valence-corrected chi connectivity index (χ2v) is 7.10. The zero-order valence-corrected chi connectivity index (χ0v) is 15.8. The van der Waals surface area contributed by atoms with Crippen molar-refractivity contribution in [2.75, 3.05) is 40.3 Å². The molecule has 2 rings (SSSR count). The molecule has 0 saturated carbocycles. The summed E-state index contributed by atoms with van der Waals surface area (Å²) in [5.74, 6) is 1.50. The highest BCUT2D eigenvalue weighted by molar-refractivity contribution is 9.10. The lowest BCUT2D eigenvalue weighted by atomic mass is 10.1. The fourth-order valence-electron chi connectivity index (χ4n) is 2.10. The van der Waals surface area contributed by atoms with E-state index in [9.17, 15) is 0 Å². The first kappa shape index (κ1) is 18.0. The van der Waals surface area contributed by atoms with Crippen molar-refractivity contribution in [2.24, 2.45) is 0 Å². The Morgan fingerprint density at radius 1 is 1.14 bits per heavy atom. The van der Waals surface area contributed by atoms with Gasteiger partial charge in [0, 0.05) is 22.0 Å². The molecule has 1 aliphatic heterocycles. The van der Waals surface area contributed by atoms with E-state index in [1.807, 2.05) is 19.1 Å². The summed E-state index contributed by atoms with van der Waals surface area (Å²) in [7, 11) is 1.65. The molecular formula is C15H20Br2O5. The molecule has 0 saturated heterocycles. The van der Waals surface area contributed by atoms with Crippen molar-refractivity contribution >= 4 is 31.9 Å². The summed E-state index contributed by atoms with van der Waals surface area (Å²) >= 11 is 7.19. The smallest absolute Gasteiger partial charge is 0.231 e. The van der Waals surface area contributed by atoms with Crippen molar-refractivity contribution in [3.05, 3.63) is 22.2 Å².